The summed E-state index contributed by atoms with van der Waals surface area (Å²) in [6, 6.07) is 23.5. The van der Waals surface area contributed by atoms with E-state index in [-0.39, 0.29) is 5.91 Å². The Balaban J connectivity index is 1.18. The second-order valence-corrected chi connectivity index (χ2v) is 7.89. The van der Waals surface area contributed by atoms with Gasteiger partial charge in [0.15, 0.2) is 5.16 Å². The van der Waals surface area contributed by atoms with Crippen LogP contribution in [0.5, 0.6) is 0 Å². The normalized spacial score (nSPS) is 11.2. The van der Waals surface area contributed by atoms with Crippen LogP contribution in [-0.4, -0.2) is 25.8 Å². The Morgan fingerprint density at radius 3 is 2.20 bits per heavy atom. The summed E-state index contributed by atoms with van der Waals surface area (Å²) in [5.41, 5.74) is 5.63. The first-order chi connectivity index (χ1) is 14.7. The van der Waals surface area contributed by atoms with E-state index in [1.165, 1.54) is 0 Å². The number of benzene rings is 3. The van der Waals surface area contributed by atoms with Crippen molar-refractivity contribution in [2.24, 2.45) is 0 Å². The van der Waals surface area contributed by atoms with Crippen molar-refractivity contribution in [3.8, 4) is 0 Å². The van der Waals surface area contributed by atoms with Crippen molar-refractivity contribution in [1.82, 2.24) is 25.3 Å². The number of aromatic nitrogens is 4. The highest BCUT2D eigenvalue weighted by molar-refractivity contribution is 7.98. The highest BCUT2D eigenvalue weighted by Gasteiger charge is 2.08. The molecular formula is C23H19N5OS. The lowest BCUT2D eigenvalue weighted by Gasteiger charge is -2.05. The zero-order valence-electron chi connectivity index (χ0n) is 16.1. The molecule has 0 atom stereocenters. The molecule has 0 radical (unpaired) electrons. The van der Waals surface area contributed by atoms with E-state index in [9.17, 15) is 4.79 Å². The zero-order chi connectivity index (χ0) is 20.3. The number of hydrogen-bond acceptors (Lipinski definition) is 4. The van der Waals surface area contributed by atoms with Crippen LogP contribution in [0.25, 0.3) is 22.1 Å². The number of rotatable bonds is 6. The largest absolute Gasteiger partial charge is 0.345 e. The second-order valence-electron chi connectivity index (χ2n) is 6.93. The molecule has 0 saturated carbocycles. The molecule has 5 aromatic rings. The minimum absolute atomic E-state index is 0.119. The minimum atomic E-state index is -0.119. The maximum Gasteiger partial charge on any atom is 0.251 e. The predicted molar refractivity (Wildman–Crippen MR) is 119 cm³/mol. The highest BCUT2D eigenvalue weighted by atomic mass is 32.2. The van der Waals surface area contributed by atoms with Crippen LogP contribution >= 0.6 is 11.8 Å². The molecule has 148 valence electrons. The van der Waals surface area contributed by atoms with Crippen LogP contribution in [0.3, 0.4) is 0 Å². The monoisotopic (exact) mass is 413 g/mol. The van der Waals surface area contributed by atoms with E-state index in [2.05, 4.69) is 25.3 Å². The van der Waals surface area contributed by atoms with Gasteiger partial charge in [-0.15, -0.1) is 0 Å². The van der Waals surface area contributed by atoms with Crippen LogP contribution in [0.2, 0.25) is 0 Å². The number of aromatic amines is 2. The van der Waals surface area contributed by atoms with Gasteiger partial charge in [0.1, 0.15) is 5.82 Å². The van der Waals surface area contributed by atoms with Gasteiger partial charge in [-0.3, -0.25) is 4.79 Å². The van der Waals surface area contributed by atoms with E-state index >= 15 is 0 Å². The van der Waals surface area contributed by atoms with Crippen LogP contribution in [0, 0.1) is 0 Å². The average Bonchev–Trinajstić information content (AvgIpc) is 3.39. The number of amides is 1. The minimum Gasteiger partial charge on any atom is -0.345 e. The first-order valence-electron chi connectivity index (χ1n) is 9.63. The highest BCUT2D eigenvalue weighted by Crippen LogP contribution is 2.23. The fourth-order valence-electron chi connectivity index (χ4n) is 3.26. The number of nitrogens with one attached hydrogen (secondary N) is 3. The van der Waals surface area contributed by atoms with E-state index < -0.39 is 0 Å². The quantitative estimate of drug-likeness (QED) is 0.353. The summed E-state index contributed by atoms with van der Waals surface area (Å²) in [5.74, 6) is 1.40. The third-order valence-electron chi connectivity index (χ3n) is 4.81. The number of hydrogen-bond donors (Lipinski definition) is 3. The van der Waals surface area contributed by atoms with Crippen molar-refractivity contribution in [1.29, 1.82) is 0 Å². The summed E-state index contributed by atoms with van der Waals surface area (Å²) < 4.78 is 0. The fraction of sp³-hybridized carbons (Fsp3) is 0.0870. The molecule has 5 rings (SSSR count). The number of nitrogens with zero attached hydrogens (tertiary/aromatic N) is 2. The van der Waals surface area contributed by atoms with Gasteiger partial charge in [0.2, 0.25) is 0 Å². The molecule has 7 heteroatoms. The predicted octanol–water partition coefficient (Wildman–Crippen LogP) is 4.66. The Bertz CT molecular complexity index is 1260. The number of fused-ring (bicyclic) bond motifs is 2. The molecule has 0 bridgehead atoms. The van der Waals surface area contributed by atoms with Crippen molar-refractivity contribution in [3.05, 3.63) is 89.7 Å². The first kappa shape index (κ1) is 18.4. The van der Waals surface area contributed by atoms with Gasteiger partial charge in [0.05, 0.1) is 28.6 Å². The van der Waals surface area contributed by atoms with Gasteiger partial charge in [-0.05, 0) is 42.0 Å². The standard InChI is InChI=1S/C23H19N5OS/c29-22(24-13-21-25-17-5-1-2-6-18(17)26-21)16-11-9-15(10-12-16)14-30-23-27-19-7-3-4-8-20(19)28-23/h1-12H,13-14H2,(H,24,29)(H,25,26)(H,27,28). The Morgan fingerprint density at radius 1 is 0.833 bits per heavy atom. The van der Waals surface area contributed by atoms with E-state index in [0.717, 1.165) is 44.4 Å². The Labute approximate surface area is 177 Å². The molecule has 0 aliphatic rings. The number of carbonyl (C=O) groups excluding carboxylic acids is 1. The molecule has 0 unspecified atom stereocenters. The molecule has 6 nitrogen and oxygen atoms in total. The Morgan fingerprint density at radius 2 is 1.50 bits per heavy atom. The Hall–Kier alpha value is -3.58. The molecule has 0 aliphatic carbocycles. The van der Waals surface area contributed by atoms with Crippen molar-refractivity contribution in [2.45, 2.75) is 17.5 Å². The first-order valence-corrected chi connectivity index (χ1v) is 10.6. The van der Waals surface area contributed by atoms with Crippen molar-refractivity contribution >= 4 is 39.7 Å². The topological polar surface area (TPSA) is 86.5 Å². The maximum atomic E-state index is 12.5. The van der Waals surface area contributed by atoms with Gasteiger partial charge in [-0.25, -0.2) is 9.97 Å². The number of thioether (sulfide) groups is 1. The summed E-state index contributed by atoms with van der Waals surface area (Å²) in [5, 5.41) is 3.81. The van der Waals surface area contributed by atoms with Crippen LogP contribution in [0.4, 0.5) is 0 Å². The van der Waals surface area contributed by atoms with Gasteiger partial charge < -0.3 is 15.3 Å². The van der Waals surface area contributed by atoms with E-state index in [4.69, 9.17) is 0 Å². The Kier molecular flexibility index (Phi) is 4.94. The van der Waals surface area contributed by atoms with E-state index in [0.29, 0.717) is 12.1 Å². The van der Waals surface area contributed by atoms with Gasteiger partial charge in [-0.2, -0.15) is 0 Å². The van der Waals surface area contributed by atoms with Crippen molar-refractivity contribution in [2.75, 3.05) is 0 Å². The van der Waals surface area contributed by atoms with E-state index in [1.54, 1.807) is 11.8 Å². The molecule has 2 heterocycles. The summed E-state index contributed by atoms with van der Waals surface area (Å²) >= 11 is 1.64. The second kappa shape index (κ2) is 8.04. The molecule has 1 amide bonds. The molecule has 3 aromatic carbocycles. The number of imidazole rings is 2. The van der Waals surface area contributed by atoms with Crippen LogP contribution in [0.15, 0.2) is 78.0 Å². The zero-order valence-corrected chi connectivity index (χ0v) is 16.9. The van der Waals surface area contributed by atoms with Gasteiger partial charge in [0.25, 0.3) is 5.91 Å². The molecule has 0 aliphatic heterocycles. The van der Waals surface area contributed by atoms with Crippen LogP contribution < -0.4 is 5.32 Å². The third-order valence-corrected chi connectivity index (χ3v) is 5.76. The van der Waals surface area contributed by atoms with Crippen molar-refractivity contribution in [3.63, 3.8) is 0 Å². The molecule has 0 saturated heterocycles. The third kappa shape index (κ3) is 3.92. The molecule has 0 spiro atoms. The van der Waals surface area contributed by atoms with Crippen LogP contribution in [-0.2, 0) is 12.3 Å². The lowest BCUT2D eigenvalue weighted by Crippen LogP contribution is -2.23. The average molecular weight is 414 g/mol. The molecule has 3 N–H and O–H groups in total. The molecule has 0 fully saturated rings. The number of para-hydroxylation sites is 4. The molecular weight excluding hydrogens is 394 g/mol. The maximum absolute atomic E-state index is 12.5. The summed E-state index contributed by atoms with van der Waals surface area (Å²) in [4.78, 5) is 28.0. The summed E-state index contributed by atoms with van der Waals surface area (Å²) in [7, 11) is 0. The smallest absolute Gasteiger partial charge is 0.251 e. The van der Waals surface area contributed by atoms with Gasteiger partial charge in [0, 0.05) is 11.3 Å². The van der Waals surface area contributed by atoms with Crippen LogP contribution in [0.1, 0.15) is 21.7 Å². The lowest BCUT2D eigenvalue weighted by atomic mass is 10.1. The summed E-state index contributed by atoms with van der Waals surface area (Å²) in [6.45, 7) is 0.358. The molecule has 30 heavy (non-hydrogen) atoms. The lowest BCUT2D eigenvalue weighted by molar-refractivity contribution is 0.0950. The van der Waals surface area contributed by atoms with Gasteiger partial charge >= 0.3 is 0 Å². The number of H-pyrrole nitrogens is 2. The van der Waals surface area contributed by atoms with Gasteiger partial charge in [-0.1, -0.05) is 48.2 Å². The van der Waals surface area contributed by atoms with Crippen molar-refractivity contribution < 1.29 is 4.79 Å². The summed E-state index contributed by atoms with van der Waals surface area (Å²) in [6.07, 6.45) is 0. The fourth-order valence-corrected chi connectivity index (χ4v) is 4.10. The van der Waals surface area contributed by atoms with E-state index in [1.807, 2.05) is 72.8 Å². The number of carbonyl (C=O) groups is 1. The SMILES string of the molecule is O=C(NCc1nc2ccccc2[nH]1)c1ccc(CSc2nc3ccccc3[nH]2)cc1. The molecule has 2 aromatic heterocycles.